The molecule has 0 fully saturated rings. The first-order valence-electron chi connectivity index (χ1n) is 6.35. The summed E-state index contributed by atoms with van der Waals surface area (Å²) in [6.07, 6.45) is -4.69. The predicted molar refractivity (Wildman–Crippen MR) is 81.4 cm³/mol. The second kappa shape index (κ2) is 7.37. The maximum absolute atomic E-state index is 12.9. The molecule has 2 aromatic rings. The first kappa shape index (κ1) is 20.9. The standard InChI is InChI=1S/C14H13F3N3O2S.Y/c1-7-4-5-8(11(18)12(7)22-3)20-10(21)6-9(14(15,16)17)19(2)13(20)23;/h4,6H,18H2,1-3H3;/q-1;. The zero-order valence-corrected chi connectivity index (χ0v) is 16.7. The van der Waals surface area contributed by atoms with Crippen molar-refractivity contribution in [2.75, 3.05) is 12.8 Å². The van der Waals surface area contributed by atoms with E-state index in [2.05, 4.69) is 6.07 Å². The van der Waals surface area contributed by atoms with Crippen LogP contribution in [0.25, 0.3) is 5.69 Å². The number of aryl methyl sites for hydroxylation is 1. The first-order valence-corrected chi connectivity index (χ1v) is 6.75. The molecule has 2 N–H and O–H groups in total. The normalized spacial score (nSPS) is 11.1. The second-order valence-corrected chi connectivity index (χ2v) is 5.17. The minimum Gasteiger partial charge on any atom is -0.520 e. The van der Waals surface area contributed by atoms with Crippen molar-refractivity contribution in [1.29, 1.82) is 0 Å². The molecule has 1 radical (unpaired) electrons. The van der Waals surface area contributed by atoms with Gasteiger partial charge in [-0.1, -0.05) is 6.92 Å². The van der Waals surface area contributed by atoms with Crippen LogP contribution < -0.4 is 16.0 Å². The van der Waals surface area contributed by atoms with Gasteiger partial charge in [0.1, 0.15) is 5.69 Å². The SMILES string of the molecule is COc1c(C)c[c-]c(-n2c(=O)cc(C(F)(F)F)n(C)c2=S)c1N.[Y]. The summed E-state index contributed by atoms with van der Waals surface area (Å²) >= 11 is 5.00. The van der Waals surface area contributed by atoms with Crippen molar-refractivity contribution < 1.29 is 50.6 Å². The van der Waals surface area contributed by atoms with Crippen molar-refractivity contribution in [3.05, 3.63) is 44.6 Å². The molecule has 1 aromatic carbocycles. The molecule has 0 saturated carbocycles. The quantitative estimate of drug-likeness (QED) is 0.450. The Hall–Kier alpha value is -1.19. The van der Waals surface area contributed by atoms with Crippen LogP contribution in [0.15, 0.2) is 16.9 Å². The van der Waals surface area contributed by atoms with Crippen molar-refractivity contribution in [2.24, 2.45) is 7.05 Å². The summed E-state index contributed by atoms with van der Waals surface area (Å²) in [6, 6.07) is 4.74. The van der Waals surface area contributed by atoms with Crippen LogP contribution in [-0.4, -0.2) is 16.2 Å². The van der Waals surface area contributed by atoms with Gasteiger partial charge in [-0.15, -0.1) is 5.56 Å². The molecular weight excluding hydrogens is 420 g/mol. The molecule has 10 heteroatoms. The summed E-state index contributed by atoms with van der Waals surface area (Å²) in [7, 11) is 2.52. The van der Waals surface area contributed by atoms with Gasteiger partial charge in [0.25, 0.3) is 5.56 Å². The van der Waals surface area contributed by atoms with E-state index in [-0.39, 0.29) is 48.9 Å². The average Bonchev–Trinajstić information content (AvgIpc) is 2.44. The molecular formula is C14H13F3N3O2SY-. The number of alkyl halides is 3. The molecule has 0 atom stereocenters. The molecule has 127 valence electrons. The number of hydrogen-bond acceptors (Lipinski definition) is 4. The fraction of sp³-hybridized carbons (Fsp3) is 0.286. The smallest absolute Gasteiger partial charge is 0.431 e. The number of aromatic nitrogens is 2. The molecule has 0 spiro atoms. The third-order valence-electron chi connectivity index (χ3n) is 3.32. The minimum absolute atomic E-state index is 0. The predicted octanol–water partition coefficient (Wildman–Crippen LogP) is 2.62. The van der Waals surface area contributed by atoms with Crippen LogP contribution in [0.1, 0.15) is 11.3 Å². The zero-order valence-electron chi connectivity index (χ0n) is 13.1. The third-order valence-corrected chi connectivity index (χ3v) is 3.78. The van der Waals surface area contributed by atoms with Gasteiger partial charge in [-0.2, -0.15) is 25.3 Å². The van der Waals surface area contributed by atoms with E-state index in [0.29, 0.717) is 21.9 Å². The number of benzene rings is 1. The van der Waals surface area contributed by atoms with Crippen molar-refractivity contribution >= 4 is 17.9 Å². The fourth-order valence-corrected chi connectivity index (χ4v) is 2.48. The summed E-state index contributed by atoms with van der Waals surface area (Å²) in [5.74, 6) is 0.308. The number of anilines is 1. The van der Waals surface area contributed by atoms with E-state index in [0.717, 1.165) is 11.6 Å². The molecule has 0 aliphatic carbocycles. The number of halogens is 3. The number of nitrogens with zero attached hydrogens (tertiary/aromatic N) is 2. The molecule has 1 aromatic heterocycles. The Morgan fingerprint density at radius 3 is 2.46 bits per heavy atom. The topological polar surface area (TPSA) is 62.2 Å². The Labute approximate surface area is 166 Å². The summed E-state index contributed by atoms with van der Waals surface area (Å²) in [4.78, 5) is 12.2. The van der Waals surface area contributed by atoms with Gasteiger partial charge < -0.3 is 15.0 Å². The second-order valence-electron chi connectivity index (χ2n) is 4.81. The number of rotatable bonds is 2. The Morgan fingerprint density at radius 2 is 1.96 bits per heavy atom. The van der Waals surface area contributed by atoms with E-state index in [4.69, 9.17) is 22.7 Å². The van der Waals surface area contributed by atoms with E-state index >= 15 is 0 Å². The maximum atomic E-state index is 12.9. The number of methoxy groups -OCH3 is 1. The summed E-state index contributed by atoms with van der Waals surface area (Å²) in [5.41, 5.74) is 4.65. The average molecular weight is 433 g/mol. The van der Waals surface area contributed by atoms with Crippen LogP contribution in [-0.2, 0) is 45.9 Å². The van der Waals surface area contributed by atoms with E-state index in [1.165, 1.54) is 13.2 Å². The maximum Gasteiger partial charge on any atom is 0.431 e. The monoisotopic (exact) mass is 433 g/mol. The van der Waals surface area contributed by atoms with Crippen molar-refractivity contribution in [2.45, 2.75) is 13.1 Å². The van der Waals surface area contributed by atoms with E-state index in [9.17, 15) is 18.0 Å². The fourth-order valence-electron chi connectivity index (χ4n) is 2.20. The number of ether oxygens (including phenoxy) is 1. The van der Waals surface area contributed by atoms with Crippen LogP contribution in [0.5, 0.6) is 5.75 Å². The van der Waals surface area contributed by atoms with Crippen molar-refractivity contribution in [3.63, 3.8) is 0 Å². The first-order chi connectivity index (χ1) is 10.6. The molecule has 1 heterocycles. The van der Waals surface area contributed by atoms with E-state index in [1.807, 2.05) is 0 Å². The molecule has 0 bridgehead atoms. The van der Waals surface area contributed by atoms with Gasteiger partial charge >= 0.3 is 6.18 Å². The van der Waals surface area contributed by atoms with Crippen LogP contribution in [0.2, 0.25) is 0 Å². The van der Waals surface area contributed by atoms with Gasteiger partial charge in [-0.25, -0.2) is 0 Å². The molecule has 24 heavy (non-hydrogen) atoms. The summed E-state index contributed by atoms with van der Waals surface area (Å²) < 4.78 is 45.2. The van der Waals surface area contributed by atoms with Gasteiger partial charge in [0.05, 0.1) is 7.11 Å². The van der Waals surface area contributed by atoms with Crippen LogP contribution in [0.4, 0.5) is 18.9 Å². The summed E-state index contributed by atoms with van der Waals surface area (Å²) in [6.45, 7) is 1.72. The molecule has 5 nitrogen and oxygen atoms in total. The zero-order chi connectivity index (χ0) is 17.5. The summed E-state index contributed by atoms with van der Waals surface area (Å²) in [5, 5.41) is 0. The van der Waals surface area contributed by atoms with Gasteiger partial charge in [-0.3, -0.25) is 9.36 Å². The largest absolute Gasteiger partial charge is 0.520 e. The number of hydrogen-bond donors (Lipinski definition) is 1. The molecule has 0 unspecified atom stereocenters. The van der Waals surface area contributed by atoms with Crippen molar-refractivity contribution in [1.82, 2.24) is 9.13 Å². The van der Waals surface area contributed by atoms with Gasteiger partial charge in [-0.05, 0) is 23.6 Å². The minimum atomic E-state index is -4.69. The Kier molecular flexibility index (Phi) is 6.40. The van der Waals surface area contributed by atoms with Gasteiger partial charge in [0.15, 0.2) is 4.77 Å². The molecule has 0 aliphatic rings. The molecule has 0 amide bonds. The van der Waals surface area contributed by atoms with Crippen molar-refractivity contribution in [3.8, 4) is 11.4 Å². The number of nitrogen functional groups attached to an aromatic ring is 1. The van der Waals surface area contributed by atoms with E-state index < -0.39 is 17.4 Å². The number of nitrogens with two attached hydrogens (primary N) is 1. The Balaban J connectivity index is 0.00000288. The third kappa shape index (κ3) is 3.57. The van der Waals surface area contributed by atoms with Gasteiger partial charge in [0.2, 0.25) is 0 Å². The van der Waals surface area contributed by atoms with E-state index in [1.54, 1.807) is 6.92 Å². The molecule has 0 aliphatic heterocycles. The van der Waals surface area contributed by atoms with Crippen LogP contribution in [0.3, 0.4) is 0 Å². The van der Waals surface area contributed by atoms with Gasteiger partial charge in [0, 0.05) is 51.6 Å². The molecule has 0 saturated heterocycles. The molecule has 2 rings (SSSR count). The van der Waals surface area contributed by atoms with Crippen LogP contribution >= 0.6 is 12.2 Å². The Morgan fingerprint density at radius 1 is 1.38 bits per heavy atom. The van der Waals surface area contributed by atoms with Crippen LogP contribution in [0, 0.1) is 17.8 Å². The Bertz CT molecular complexity index is 891.